The number of amides is 1. The van der Waals surface area contributed by atoms with Crippen molar-refractivity contribution in [3.8, 4) is 0 Å². The van der Waals surface area contributed by atoms with E-state index in [1.54, 1.807) is 0 Å². The Kier molecular flexibility index (Phi) is 4.55. The SMILES string of the molecule is O=C([C@@H]1CCC2(CCN(Cc3ccccn3)CC2)O1)N1CCCC1. The lowest BCUT2D eigenvalue weighted by Crippen LogP contribution is -2.45. The van der Waals surface area contributed by atoms with Gasteiger partial charge in [-0.05, 0) is 50.7 Å². The maximum atomic E-state index is 12.6. The largest absolute Gasteiger partial charge is 0.362 e. The summed E-state index contributed by atoms with van der Waals surface area (Å²) in [4.78, 5) is 21.4. The number of pyridine rings is 1. The summed E-state index contributed by atoms with van der Waals surface area (Å²) < 4.78 is 6.33. The van der Waals surface area contributed by atoms with Crippen LogP contribution in [-0.2, 0) is 16.1 Å². The average molecular weight is 329 g/mol. The van der Waals surface area contributed by atoms with Gasteiger partial charge < -0.3 is 9.64 Å². The number of carbonyl (C=O) groups is 1. The highest BCUT2D eigenvalue weighted by molar-refractivity contribution is 5.81. The molecule has 0 radical (unpaired) electrons. The third-order valence-electron chi connectivity index (χ3n) is 5.83. The predicted octanol–water partition coefficient (Wildman–Crippen LogP) is 2.22. The van der Waals surface area contributed by atoms with E-state index in [1.165, 1.54) is 0 Å². The summed E-state index contributed by atoms with van der Waals surface area (Å²) in [7, 11) is 0. The van der Waals surface area contributed by atoms with E-state index in [0.29, 0.717) is 0 Å². The van der Waals surface area contributed by atoms with Gasteiger partial charge in [0.25, 0.3) is 5.91 Å². The highest BCUT2D eigenvalue weighted by Crippen LogP contribution is 2.39. The van der Waals surface area contributed by atoms with E-state index >= 15 is 0 Å². The van der Waals surface area contributed by atoms with Crippen LogP contribution in [0.4, 0.5) is 0 Å². The first kappa shape index (κ1) is 16.0. The van der Waals surface area contributed by atoms with E-state index < -0.39 is 0 Å². The minimum Gasteiger partial charge on any atom is -0.362 e. The third kappa shape index (κ3) is 3.33. The summed E-state index contributed by atoms with van der Waals surface area (Å²) in [5, 5.41) is 0. The maximum Gasteiger partial charge on any atom is 0.251 e. The molecular formula is C19H27N3O2. The minimum atomic E-state index is -0.189. The molecule has 4 rings (SSSR count). The van der Waals surface area contributed by atoms with Gasteiger partial charge in [-0.15, -0.1) is 0 Å². The Morgan fingerprint density at radius 2 is 1.96 bits per heavy atom. The Hall–Kier alpha value is -1.46. The molecule has 3 aliphatic heterocycles. The van der Waals surface area contributed by atoms with Crippen molar-refractivity contribution in [2.45, 2.75) is 56.8 Å². The normalized spacial score (nSPS) is 27.0. The van der Waals surface area contributed by atoms with Crippen LogP contribution in [0, 0.1) is 0 Å². The summed E-state index contributed by atoms with van der Waals surface area (Å²) in [6.45, 7) is 4.81. The summed E-state index contributed by atoms with van der Waals surface area (Å²) in [6.07, 6.45) is 7.95. The molecule has 0 saturated carbocycles. The van der Waals surface area contributed by atoms with Gasteiger partial charge in [0, 0.05) is 38.9 Å². The zero-order valence-electron chi connectivity index (χ0n) is 14.3. The number of piperidine rings is 1. The first-order chi connectivity index (χ1) is 11.7. The Balaban J connectivity index is 1.30. The van der Waals surface area contributed by atoms with Crippen LogP contribution in [0.15, 0.2) is 24.4 Å². The molecule has 4 heterocycles. The monoisotopic (exact) mass is 329 g/mol. The molecule has 3 saturated heterocycles. The van der Waals surface area contributed by atoms with Crippen LogP contribution < -0.4 is 0 Å². The van der Waals surface area contributed by atoms with Crippen molar-refractivity contribution in [1.29, 1.82) is 0 Å². The molecule has 0 unspecified atom stereocenters. The number of likely N-dealkylation sites (tertiary alicyclic amines) is 2. The predicted molar refractivity (Wildman–Crippen MR) is 91.4 cm³/mol. The van der Waals surface area contributed by atoms with E-state index in [1.807, 2.05) is 23.2 Å². The molecule has 1 spiro atoms. The van der Waals surface area contributed by atoms with Crippen molar-refractivity contribution >= 4 is 5.91 Å². The fraction of sp³-hybridized carbons (Fsp3) is 0.684. The van der Waals surface area contributed by atoms with Crippen molar-refractivity contribution in [1.82, 2.24) is 14.8 Å². The standard InChI is InChI=1S/C19H27N3O2/c23-18(22-11-3-4-12-22)17-6-7-19(24-17)8-13-21(14-9-19)15-16-5-1-2-10-20-16/h1-2,5,10,17H,3-4,6-9,11-15H2/t17-/m0/s1. The molecule has 1 amide bonds. The first-order valence-electron chi connectivity index (χ1n) is 9.33. The van der Waals surface area contributed by atoms with Crippen LogP contribution in [0.25, 0.3) is 0 Å². The fourth-order valence-corrected chi connectivity index (χ4v) is 4.34. The fourth-order valence-electron chi connectivity index (χ4n) is 4.34. The molecule has 0 bridgehead atoms. The Bertz CT molecular complexity index is 563. The smallest absolute Gasteiger partial charge is 0.251 e. The lowest BCUT2D eigenvalue weighted by Gasteiger charge is -2.39. The second kappa shape index (κ2) is 6.81. The van der Waals surface area contributed by atoms with Gasteiger partial charge in [-0.2, -0.15) is 0 Å². The van der Waals surface area contributed by atoms with E-state index in [9.17, 15) is 4.79 Å². The molecule has 3 aliphatic rings. The number of hydrogen-bond donors (Lipinski definition) is 0. The quantitative estimate of drug-likeness (QED) is 0.853. The van der Waals surface area contributed by atoms with Crippen LogP contribution in [0.3, 0.4) is 0 Å². The molecule has 1 aromatic rings. The van der Waals surface area contributed by atoms with Crippen LogP contribution in [0.2, 0.25) is 0 Å². The van der Waals surface area contributed by atoms with Crippen LogP contribution in [0.1, 0.15) is 44.2 Å². The van der Waals surface area contributed by atoms with Crippen LogP contribution in [-0.4, -0.2) is 58.6 Å². The van der Waals surface area contributed by atoms with Crippen molar-refractivity contribution in [3.63, 3.8) is 0 Å². The van der Waals surface area contributed by atoms with Crippen molar-refractivity contribution in [2.75, 3.05) is 26.2 Å². The molecule has 1 aromatic heterocycles. The number of carbonyl (C=O) groups excluding carboxylic acids is 1. The Morgan fingerprint density at radius 1 is 1.17 bits per heavy atom. The van der Waals surface area contributed by atoms with Gasteiger partial charge in [-0.25, -0.2) is 0 Å². The molecule has 0 aliphatic carbocycles. The summed E-state index contributed by atoms with van der Waals surface area (Å²) >= 11 is 0. The number of hydrogen-bond acceptors (Lipinski definition) is 4. The number of aromatic nitrogens is 1. The van der Waals surface area contributed by atoms with Crippen LogP contribution >= 0.6 is 0 Å². The van der Waals surface area contributed by atoms with E-state index in [-0.39, 0.29) is 17.6 Å². The van der Waals surface area contributed by atoms with Gasteiger partial charge in [0.15, 0.2) is 0 Å². The Morgan fingerprint density at radius 3 is 2.67 bits per heavy atom. The zero-order valence-corrected chi connectivity index (χ0v) is 14.3. The third-order valence-corrected chi connectivity index (χ3v) is 5.83. The molecule has 3 fully saturated rings. The van der Waals surface area contributed by atoms with Crippen molar-refractivity contribution in [2.24, 2.45) is 0 Å². The van der Waals surface area contributed by atoms with E-state index in [4.69, 9.17) is 4.74 Å². The second-order valence-corrected chi connectivity index (χ2v) is 7.46. The highest BCUT2D eigenvalue weighted by Gasteiger charge is 2.45. The molecular weight excluding hydrogens is 302 g/mol. The minimum absolute atomic E-state index is 0.0549. The lowest BCUT2D eigenvalue weighted by molar-refractivity contribution is -0.150. The molecule has 0 aromatic carbocycles. The molecule has 5 nitrogen and oxygen atoms in total. The first-order valence-corrected chi connectivity index (χ1v) is 9.33. The number of rotatable bonds is 3. The number of ether oxygens (including phenoxy) is 1. The van der Waals surface area contributed by atoms with Crippen molar-refractivity contribution < 1.29 is 9.53 Å². The molecule has 24 heavy (non-hydrogen) atoms. The van der Waals surface area contributed by atoms with Crippen LogP contribution in [0.5, 0.6) is 0 Å². The lowest BCUT2D eigenvalue weighted by atomic mass is 9.88. The summed E-state index contributed by atoms with van der Waals surface area (Å²) in [5.74, 6) is 0.236. The molecule has 130 valence electrons. The van der Waals surface area contributed by atoms with Gasteiger partial charge in [-0.1, -0.05) is 6.07 Å². The van der Waals surface area contributed by atoms with E-state index in [2.05, 4.69) is 16.0 Å². The number of nitrogens with zero attached hydrogens (tertiary/aromatic N) is 3. The van der Waals surface area contributed by atoms with Gasteiger partial charge in [0.05, 0.1) is 11.3 Å². The second-order valence-electron chi connectivity index (χ2n) is 7.46. The van der Waals surface area contributed by atoms with Gasteiger partial charge in [-0.3, -0.25) is 14.7 Å². The summed E-state index contributed by atoms with van der Waals surface area (Å²) in [6, 6.07) is 6.09. The van der Waals surface area contributed by atoms with Gasteiger partial charge in [0.2, 0.25) is 0 Å². The molecule has 1 atom stereocenters. The maximum absolute atomic E-state index is 12.6. The van der Waals surface area contributed by atoms with Crippen molar-refractivity contribution in [3.05, 3.63) is 30.1 Å². The average Bonchev–Trinajstić information content (AvgIpc) is 3.28. The molecule has 5 heteroatoms. The summed E-state index contributed by atoms with van der Waals surface area (Å²) in [5.41, 5.74) is 1.07. The highest BCUT2D eigenvalue weighted by atomic mass is 16.5. The topological polar surface area (TPSA) is 45.7 Å². The zero-order chi connectivity index (χ0) is 16.4. The van der Waals surface area contributed by atoms with Gasteiger partial charge in [0.1, 0.15) is 6.10 Å². The molecule has 0 N–H and O–H groups in total. The van der Waals surface area contributed by atoms with Gasteiger partial charge >= 0.3 is 0 Å². The Labute approximate surface area is 144 Å². The van der Waals surface area contributed by atoms with E-state index in [0.717, 1.165) is 76.9 Å².